The van der Waals surface area contributed by atoms with E-state index in [4.69, 9.17) is 0 Å². The van der Waals surface area contributed by atoms with Crippen molar-refractivity contribution in [1.82, 2.24) is 9.62 Å². The van der Waals surface area contributed by atoms with Crippen LogP contribution in [-0.2, 0) is 10.0 Å². The molecule has 1 fully saturated rings. The monoisotopic (exact) mass is 206 g/mol. The molecule has 1 aliphatic rings. The average molecular weight is 206 g/mol. The maximum absolute atomic E-state index is 11.0. The molecule has 0 aromatic carbocycles. The minimum Gasteiger partial charge on any atom is -0.285 e. The largest absolute Gasteiger partial charge is 0.285 e. The second kappa shape index (κ2) is 3.94. The van der Waals surface area contributed by atoms with Gasteiger partial charge in [0.05, 0.1) is 12.4 Å². The highest BCUT2D eigenvalue weighted by Gasteiger charge is 2.28. The molecule has 78 valence electrons. The van der Waals surface area contributed by atoms with Crippen molar-refractivity contribution in [2.24, 2.45) is 0 Å². The smallest absolute Gasteiger partial charge is 0.210 e. The van der Waals surface area contributed by atoms with Gasteiger partial charge >= 0.3 is 0 Å². The predicted octanol–water partition coefficient (Wildman–Crippen LogP) is 0.366. The normalized spacial score (nSPS) is 25.7. The number of hydrogen-bond donors (Lipinski definition) is 1. The number of sulfonamides is 1. The molecule has 0 radical (unpaired) electrons. The summed E-state index contributed by atoms with van der Waals surface area (Å²) in [6.45, 7) is 5.16. The molecule has 1 aliphatic heterocycles. The van der Waals surface area contributed by atoms with E-state index in [2.05, 4.69) is 23.5 Å². The zero-order valence-corrected chi connectivity index (χ0v) is 9.26. The van der Waals surface area contributed by atoms with Gasteiger partial charge < -0.3 is 0 Å². The number of nitrogens with zero attached hydrogens (tertiary/aromatic N) is 1. The minimum absolute atomic E-state index is 0.00926. The Hall–Kier alpha value is -0.130. The standard InChI is InChI=1S/C8H18N2O2S/c1-7(2)10-6-4-5-8(10)9-13(3,11)12/h7-9H,4-6H2,1-3H3. The van der Waals surface area contributed by atoms with Crippen LogP contribution in [0.2, 0.25) is 0 Å². The lowest BCUT2D eigenvalue weighted by molar-refractivity contribution is 0.195. The summed E-state index contributed by atoms with van der Waals surface area (Å²) < 4.78 is 24.7. The Balaban J connectivity index is 2.59. The van der Waals surface area contributed by atoms with Crippen LogP contribution in [0, 0.1) is 0 Å². The summed E-state index contributed by atoms with van der Waals surface area (Å²) in [6, 6.07) is 0.404. The van der Waals surface area contributed by atoms with Crippen molar-refractivity contribution in [1.29, 1.82) is 0 Å². The molecule has 1 N–H and O–H groups in total. The Morgan fingerprint density at radius 3 is 2.54 bits per heavy atom. The highest BCUT2D eigenvalue weighted by molar-refractivity contribution is 7.88. The molecule has 1 unspecified atom stereocenters. The highest BCUT2D eigenvalue weighted by Crippen LogP contribution is 2.17. The molecule has 1 heterocycles. The van der Waals surface area contributed by atoms with Crippen LogP contribution in [0.1, 0.15) is 26.7 Å². The summed E-state index contributed by atoms with van der Waals surface area (Å²) in [5, 5.41) is 0. The van der Waals surface area contributed by atoms with E-state index in [0.717, 1.165) is 19.4 Å². The van der Waals surface area contributed by atoms with E-state index < -0.39 is 10.0 Å². The van der Waals surface area contributed by atoms with Gasteiger partial charge in [-0.15, -0.1) is 0 Å². The maximum Gasteiger partial charge on any atom is 0.210 e. The Kier molecular flexibility index (Phi) is 3.32. The molecule has 0 aromatic heterocycles. The summed E-state index contributed by atoms with van der Waals surface area (Å²) in [7, 11) is -3.07. The lowest BCUT2D eigenvalue weighted by Crippen LogP contribution is -2.46. The SMILES string of the molecule is CC(C)N1CCCC1NS(C)(=O)=O. The molecule has 0 saturated carbocycles. The summed E-state index contributed by atoms with van der Waals surface area (Å²) in [5.41, 5.74) is 0. The fourth-order valence-corrected chi connectivity index (χ4v) is 2.53. The van der Waals surface area contributed by atoms with Gasteiger partial charge in [-0.05, 0) is 26.7 Å². The molecule has 13 heavy (non-hydrogen) atoms. The van der Waals surface area contributed by atoms with Gasteiger partial charge in [0.2, 0.25) is 10.0 Å². The van der Waals surface area contributed by atoms with Crippen LogP contribution in [-0.4, -0.2) is 38.3 Å². The Labute approximate surface area is 80.4 Å². The average Bonchev–Trinajstić information content (AvgIpc) is 2.31. The fraction of sp³-hybridized carbons (Fsp3) is 1.00. The third-order valence-corrected chi connectivity index (χ3v) is 3.01. The summed E-state index contributed by atoms with van der Waals surface area (Å²) >= 11 is 0. The number of nitrogens with one attached hydrogen (secondary N) is 1. The number of likely N-dealkylation sites (tertiary alicyclic amines) is 1. The fourth-order valence-electron chi connectivity index (χ4n) is 1.78. The van der Waals surface area contributed by atoms with Crippen LogP contribution >= 0.6 is 0 Å². The lowest BCUT2D eigenvalue weighted by Gasteiger charge is -2.27. The Bertz CT molecular complexity index is 261. The van der Waals surface area contributed by atoms with Crippen LogP contribution in [0.25, 0.3) is 0 Å². The van der Waals surface area contributed by atoms with Crippen molar-refractivity contribution in [2.45, 2.75) is 38.9 Å². The lowest BCUT2D eigenvalue weighted by atomic mass is 10.3. The van der Waals surface area contributed by atoms with E-state index in [0.29, 0.717) is 6.04 Å². The number of hydrogen-bond acceptors (Lipinski definition) is 3. The second-order valence-corrected chi connectivity index (χ2v) is 5.66. The van der Waals surface area contributed by atoms with Gasteiger partial charge in [-0.2, -0.15) is 4.72 Å². The minimum atomic E-state index is -3.07. The first-order valence-corrected chi connectivity index (χ1v) is 6.52. The van der Waals surface area contributed by atoms with Crippen LogP contribution in [0.15, 0.2) is 0 Å². The zero-order valence-electron chi connectivity index (χ0n) is 8.45. The molecule has 0 spiro atoms. The van der Waals surface area contributed by atoms with Crippen molar-refractivity contribution in [3.63, 3.8) is 0 Å². The third kappa shape index (κ3) is 3.25. The third-order valence-electron chi connectivity index (χ3n) is 2.31. The Morgan fingerprint density at radius 1 is 1.46 bits per heavy atom. The van der Waals surface area contributed by atoms with Crippen molar-refractivity contribution < 1.29 is 8.42 Å². The van der Waals surface area contributed by atoms with Crippen molar-refractivity contribution in [3.8, 4) is 0 Å². The van der Waals surface area contributed by atoms with E-state index in [1.54, 1.807) is 0 Å². The molecule has 0 aromatic rings. The molecule has 0 bridgehead atoms. The van der Waals surface area contributed by atoms with E-state index in [-0.39, 0.29) is 6.17 Å². The molecule has 1 rings (SSSR count). The molecular weight excluding hydrogens is 188 g/mol. The van der Waals surface area contributed by atoms with Gasteiger partial charge in [0.1, 0.15) is 0 Å². The van der Waals surface area contributed by atoms with E-state index >= 15 is 0 Å². The van der Waals surface area contributed by atoms with Crippen molar-refractivity contribution >= 4 is 10.0 Å². The van der Waals surface area contributed by atoms with Crippen LogP contribution in [0.5, 0.6) is 0 Å². The molecule has 1 saturated heterocycles. The van der Waals surface area contributed by atoms with Crippen molar-refractivity contribution in [2.75, 3.05) is 12.8 Å². The first-order valence-electron chi connectivity index (χ1n) is 4.63. The summed E-state index contributed by atoms with van der Waals surface area (Å²) in [6.07, 6.45) is 3.22. The molecule has 0 aliphatic carbocycles. The number of rotatable bonds is 3. The van der Waals surface area contributed by atoms with Crippen molar-refractivity contribution in [3.05, 3.63) is 0 Å². The maximum atomic E-state index is 11.0. The summed E-state index contributed by atoms with van der Waals surface area (Å²) in [5.74, 6) is 0. The van der Waals surface area contributed by atoms with E-state index in [1.807, 2.05) is 0 Å². The van der Waals surface area contributed by atoms with Crippen LogP contribution < -0.4 is 4.72 Å². The first-order chi connectivity index (χ1) is 5.90. The first kappa shape index (κ1) is 10.9. The second-order valence-electron chi connectivity index (χ2n) is 3.88. The van der Waals surface area contributed by atoms with E-state index in [1.165, 1.54) is 6.26 Å². The van der Waals surface area contributed by atoms with Crippen LogP contribution in [0.4, 0.5) is 0 Å². The zero-order chi connectivity index (χ0) is 10.1. The van der Waals surface area contributed by atoms with E-state index in [9.17, 15) is 8.42 Å². The molecular formula is C8H18N2O2S. The van der Waals surface area contributed by atoms with Gasteiger partial charge in [-0.25, -0.2) is 8.42 Å². The van der Waals surface area contributed by atoms with Gasteiger partial charge in [-0.3, -0.25) is 4.90 Å². The quantitative estimate of drug-likeness (QED) is 0.725. The van der Waals surface area contributed by atoms with Crippen LogP contribution in [0.3, 0.4) is 0 Å². The molecule has 1 atom stereocenters. The van der Waals surface area contributed by atoms with Gasteiger partial charge in [0.25, 0.3) is 0 Å². The van der Waals surface area contributed by atoms with Gasteiger partial charge in [0, 0.05) is 12.6 Å². The highest BCUT2D eigenvalue weighted by atomic mass is 32.2. The summed E-state index contributed by atoms with van der Waals surface area (Å²) in [4.78, 5) is 2.18. The van der Waals surface area contributed by atoms with Gasteiger partial charge in [-0.1, -0.05) is 0 Å². The topological polar surface area (TPSA) is 49.4 Å². The molecule has 5 heteroatoms. The Morgan fingerprint density at radius 2 is 2.08 bits per heavy atom. The molecule has 0 amide bonds. The van der Waals surface area contributed by atoms with Gasteiger partial charge in [0.15, 0.2) is 0 Å². The predicted molar refractivity (Wildman–Crippen MR) is 52.8 cm³/mol. The molecule has 4 nitrogen and oxygen atoms in total.